The van der Waals surface area contributed by atoms with Crippen molar-refractivity contribution in [2.24, 2.45) is 0 Å². The van der Waals surface area contributed by atoms with Crippen molar-refractivity contribution in [3.63, 3.8) is 0 Å². The lowest BCUT2D eigenvalue weighted by atomic mass is 10.3. The van der Waals surface area contributed by atoms with Gasteiger partial charge in [-0.25, -0.2) is 9.78 Å². The molecule has 1 aromatic rings. The number of hydrogen-bond donors (Lipinski definition) is 1. The predicted octanol–water partition coefficient (Wildman–Crippen LogP) is 1.18. The van der Waals surface area contributed by atoms with Crippen molar-refractivity contribution in [1.29, 1.82) is 0 Å². The van der Waals surface area contributed by atoms with Crippen molar-refractivity contribution in [2.45, 2.75) is 20.4 Å². The molecule has 1 aromatic heterocycles. The maximum atomic E-state index is 11.6. The second-order valence-corrected chi connectivity index (χ2v) is 4.89. The third-order valence-corrected chi connectivity index (χ3v) is 3.35. The maximum absolute atomic E-state index is 11.6. The van der Waals surface area contributed by atoms with E-state index < -0.39 is 0 Å². The molecule has 7 heteroatoms. The van der Waals surface area contributed by atoms with Crippen molar-refractivity contribution >= 4 is 11.9 Å². The highest BCUT2D eigenvalue weighted by Crippen LogP contribution is 2.08. The zero-order chi connectivity index (χ0) is 15.1. The number of carbonyl (C=O) groups excluding carboxylic acids is 1. The summed E-state index contributed by atoms with van der Waals surface area (Å²) in [5, 5.41) is 3.12. The van der Waals surface area contributed by atoms with Crippen molar-refractivity contribution in [1.82, 2.24) is 19.8 Å². The Labute approximate surface area is 125 Å². The van der Waals surface area contributed by atoms with Crippen LogP contribution >= 0.6 is 0 Å². The largest absolute Gasteiger partial charge is 0.450 e. The van der Waals surface area contributed by atoms with Gasteiger partial charge in [0.1, 0.15) is 5.82 Å². The molecular formula is C14H23N5O2. The van der Waals surface area contributed by atoms with Gasteiger partial charge >= 0.3 is 6.09 Å². The first-order chi connectivity index (χ1) is 10.2. The average molecular weight is 293 g/mol. The number of aromatic nitrogens is 2. The smallest absolute Gasteiger partial charge is 0.409 e. The summed E-state index contributed by atoms with van der Waals surface area (Å²) in [6.45, 7) is 8.92. The summed E-state index contributed by atoms with van der Waals surface area (Å²) in [5.41, 5.74) is 0.946. The van der Waals surface area contributed by atoms with Gasteiger partial charge in [0, 0.05) is 39.3 Å². The molecule has 1 aliphatic rings. The lowest BCUT2D eigenvalue weighted by Crippen LogP contribution is -2.48. The number of ether oxygens (including phenoxy) is 1. The van der Waals surface area contributed by atoms with Crippen LogP contribution in [0.25, 0.3) is 0 Å². The lowest BCUT2D eigenvalue weighted by Gasteiger charge is -2.33. The minimum atomic E-state index is -0.216. The predicted molar refractivity (Wildman–Crippen MR) is 80.1 cm³/mol. The fourth-order valence-corrected chi connectivity index (χ4v) is 2.24. The van der Waals surface area contributed by atoms with E-state index in [1.54, 1.807) is 17.3 Å². The summed E-state index contributed by atoms with van der Waals surface area (Å²) in [5.74, 6) is 0.799. The highest BCUT2D eigenvalue weighted by Gasteiger charge is 2.22. The van der Waals surface area contributed by atoms with Crippen LogP contribution in [0.15, 0.2) is 12.4 Å². The van der Waals surface area contributed by atoms with Gasteiger partial charge < -0.3 is 15.0 Å². The molecule has 0 spiro atoms. The van der Waals surface area contributed by atoms with Crippen LogP contribution in [-0.2, 0) is 11.3 Å². The molecule has 1 fully saturated rings. The van der Waals surface area contributed by atoms with Crippen molar-refractivity contribution < 1.29 is 9.53 Å². The molecule has 116 valence electrons. The fraction of sp³-hybridized carbons (Fsp3) is 0.643. The van der Waals surface area contributed by atoms with Gasteiger partial charge in [-0.2, -0.15) is 0 Å². The van der Waals surface area contributed by atoms with E-state index in [4.69, 9.17) is 4.74 Å². The van der Waals surface area contributed by atoms with Crippen LogP contribution in [0.2, 0.25) is 0 Å². The van der Waals surface area contributed by atoms with E-state index in [0.717, 1.165) is 37.7 Å². The number of carbonyl (C=O) groups is 1. The van der Waals surface area contributed by atoms with E-state index >= 15 is 0 Å². The van der Waals surface area contributed by atoms with Crippen LogP contribution in [0.1, 0.15) is 19.5 Å². The molecule has 0 unspecified atom stereocenters. The maximum Gasteiger partial charge on any atom is 0.409 e. The first kappa shape index (κ1) is 15.5. The van der Waals surface area contributed by atoms with Crippen LogP contribution in [0.3, 0.4) is 0 Å². The molecule has 7 nitrogen and oxygen atoms in total. The van der Waals surface area contributed by atoms with E-state index in [0.29, 0.717) is 19.7 Å². The monoisotopic (exact) mass is 293 g/mol. The Morgan fingerprint density at radius 1 is 1.24 bits per heavy atom. The Balaban J connectivity index is 1.79. The molecule has 0 bridgehead atoms. The quantitative estimate of drug-likeness (QED) is 0.879. The van der Waals surface area contributed by atoms with Gasteiger partial charge in [-0.1, -0.05) is 0 Å². The number of anilines is 1. The standard InChI is InChI=1S/C14H23N5O2/c1-3-15-13-10-16-12(9-17-13)11-18-5-7-19(8-6-18)14(20)21-4-2/h9-10H,3-8,11H2,1-2H3,(H,15,17). The van der Waals surface area contributed by atoms with Gasteiger partial charge in [-0.15, -0.1) is 0 Å². The van der Waals surface area contributed by atoms with Gasteiger partial charge in [0.15, 0.2) is 0 Å². The molecular weight excluding hydrogens is 270 g/mol. The number of nitrogens with one attached hydrogen (secondary N) is 1. The Morgan fingerprint density at radius 3 is 2.57 bits per heavy atom. The number of amides is 1. The summed E-state index contributed by atoms with van der Waals surface area (Å²) in [4.78, 5) is 24.4. The molecule has 2 rings (SSSR count). The molecule has 0 radical (unpaired) electrons. The number of hydrogen-bond acceptors (Lipinski definition) is 6. The molecule has 0 aromatic carbocycles. The molecule has 0 atom stereocenters. The SMILES string of the molecule is CCNc1cnc(CN2CCN(C(=O)OCC)CC2)cn1. The van der Waals surface area contributed by atoms with Gasteiger partial charge in [-0.05, 0) is 13.8 Å². The molecule has 21 heavy (non-hydrogen) atoms. The van der Waals surface area contributed by atoms with Gasteiger partial charge in [-0.3, -0.25) is 9.88 Å². The summed E-state index contributed by atoms with van der Waals surface area (Å²) in [6.07, 6.45) is 3.34. The van der Waals surface area contributed by atoms with Gasteiger partial charge in [0.2, 0.25) is 0 Å². The third-order valence-electron chi connectivity index (χ3n) is 3.35. The highest BCUT2D eigenvalue weighted by molar-refractivity contribution is 5.67. The zero-order valence-electron chi connectivity index (χ0n) is 12.7. The van der Waals surface area contributed by atoms with Crippen molar-refractivity contribution in [3.05, 3.63) is 18.1 Å². The molecule has 1 N–H and O–H groups in total. The van der Waals surface area contributed by atoms with Gasteiger partial charge in [0.05, 0.1) is 24.7 Å². The Morgan fingerprint density at radius 2 is 2.00 bits per heavy atom. The van der Waals surface area contributed by atoms with Crippen LogP contribution in [-0.4, -0.2) is 65.2 Å². The summed E-state index contributed by atoms with van der Waals surface area (Å²) >= 11 is 0. The molecule has 1 saturated heterocycles. The van der Waals surface area contributed by atoms with Crippen LogP contribution in [0.5, 0.6) is 0 Å². The van der Waals surface area contributed by atoms with Crippen LogP contribution in [0.4, 0.5) is 10.6 Å². The second kappa shape index (κ2) is 7.78. The topological polar surface area (TPSA) is 70.6 Å². The first-order valence-corrected chi connectivity index (χ1v) is 7.41. The Kier molecular flexibility index (Phi) is 5.74. The average Bonchev–Trinajstić information content (AvgIpc) is 2.50. The fourth-order valence-electron chi connectivity index (χ4n) is 2.24. The van der Waals surface area contributed by atoms with Crippen molar-refractivity contribution in [2.75, 3.05) is 44.6 Å². The van der Waals surface area contributed by atoms with E-state index in [1.165, 1.54) is 0 Å². The van der Waals surface area contributed by atoms with Crippen molar-refractivity contribution in [3.8, 4) is 0 Å². The molecule has 0 saturated carbocycles. The summed E-state index contributed by atoms with van der Waals surface area (Å²) in [7, 11) is 0. The number of piperazine rings is 1. The number of rotatable bonds is 5. The normalized spacial score (nSPS) is 15.8. The molecule has 2 heterocycles. The lowest BCUT2D eigenvalue weighted by molar-refractivity contribution is 0.0775. The van der Waals surface area contributed by atoms with E-state index in [1.807, 2.05) is 13.8 Å². The Hall–Kier alpha value is -1.89. The Bertz CT molecular complexity index is 443. The summed E-state index contributed by atoms with van der Waals surface area (Å²) < 4.78 is 5.01. The second-order valence-electron chi connectivity index (χ2n) is 4.89. The van der Waals surface area contributed by atoms with E-state index in [2.05, 4.69) is 20.2 Å². The van der Waals surface area contributed by atoms with E-state index in [-0.39, 0.29) is 6.09 Å². The zero-order valence-corrected chi connectivity index (χ0v) is 12.7. The number of nitrogens with zero attached hydrogens (tertiary/aromatic N) is 4. The van der Waals surface area contributed by atoms with E-state index in [9.17, 15) is 4.79 Å². The summed E-state index contributed by atoms with van der Waals surface area (Å²) in [6, 6.07) is 0. The van der Waals surface area contributed by atoms with Gasteiger partial charge in [0.25, 0.3) is 0 Å². The minimum absolute atomic E-state index is 0.216. The molecule has 1 aliphatic heterocycles. The third kappa shape index (κ3) is 4.56. The molecule has 1 amide bonds. The highest BCUT2D eigenvalue weighted by atomic mass is 16.6. The molecule has 0 aliphatic carbocycles. The minimum Gasteiger partial charge on any atom is -0.450 e. The van der Waals surface area contributed by atoms with Crippen LogP contribution in [0, 0.1) is 0 Å². The van der Waals surface area contributed by atoms with Crippen LogP contribution < -0.4 is 5.32 Å². The first-order valence-electron chi connectivity index (χ1n) is 7.41.